The lowest BCUT2D eigenvalue weighted by Gasteiger charge is -2.40. The number of carbonyl (C=O) groups is 3. The van der Waals surface area contributed by atoms with Crippen LogP contribution in [-0.2, 0) is 16.1 Å². The lowest BCUT2D eigenvalue weighted by atomic mass is 10.0. The molecule has 0 aliphatic carbocycles. The minimum absolute atomic E-state index is 0.0849. The van der Waals surface area contributed by atoms with Gasteiger partial charge < -0.3 is 9.64 Å². The molecule has 10 heteroatoms. The van der Waals surface area contributed by atoms with Gasteiger partial charge >= 0.3 is 0 Å². The summed E-state index contributed by atoms with van der Waals surface area (Å²) in [6.07, 6.45) is -0.701. The maximum atomic E-state index is 13.3. The van der Waals surface area contributed by atoms with Gasteiger partial charge in [0.2, 0.25) is 11.9 Å². The van der Waals surface area contributed by atoms with Crippen LogP contribution in [0.1, 0.15) is 38.3 Å². The summed E-state index contributed by atoms with van der Waals surface area (Å²) >= 11 is 0. The van der Waals surface area contributed by atoms with Crippen molar-refractivity contribution in [3.05, 3.63) is 71.0 Å². The van der Waals surface area contributed by atoms with Crippen LogP contribution in [0.2, 0.25) is 0 Å². The standard InChI is InChI=1S/C21H18N6O4/c1-31-11-16-22-21(25-24-16)23-17(28)10-26-18-12-6-2-3-7-13(12)20(30)27(18)15-9-5-4-8-14(15)19(26)29/h2-9,18H,10-11H2,1H3,(H2,22,23,24,25,28)/t18-/m0/s1. The topological polar surface area (TPSA) is 121 Å². The van der Waals surface area contributed by atoms with Crippen molar-refractivity contribution in [1.29, 1.82) is 0 Å². The molecule has 0 spiro atoms. The van der Waals surface area contributed by atoms with Crippen molar-refractivity contribution in [2.45, 2.75) is 12.8 Å². The molecule has 0 fully saturated rings. The van der Waals surface area contributed by atoms with E-state index in [1.807, 2.05) is 6.07 Å². The van der Waals surface area contributed by atoms with Gasteiger partial charge in [-0.1, -0.05) is 30.3 Å². The summed E-state index contributed by atoms with van der Waals surface area (Å²) in [6, 6.07) is 14.0. The fraction of sp³-hybridized carbons (Fsp3) is 0.190. The molecular weight excluding hydrogens is 400 g/mol. The summed E-state index contributed by atoms with van der Waals surface area (Å²) in [5.41, 5.74) is 2.10. The first-order valence-corrected chi connectivity index (χ1v) is 9.61. The second-order valence-corrected chi connectivity index (χ2v) is 7.17. The highest BCUT2D eigenvalue weighted by Gasteiger charge is 2.48. The quantitative estimate of drug-likeness (QED) is 0.651. The van der Waals surface area contributed by atoms with Crippen LogP contribution < -0.4 is 10.2 Å². The number of hydrogen-bond acceptors (Lipinski definition) is 6. The van der Waals surface area contributed by atoms with Gasteiger partial charge in [-0.3, -0.25) is 29.7 Å². The SMILES string of the molecule is COCc1nc(NC(=O)CN2C(=O)c3ccccc3N3C(=O)c4ccccc4[C@@H]23)n[nH]1. The molecule has 0 unspecified atom stereocenters. The predicted molar refractivity (Wildman–Crippen MR) is 109 cm³/mol. The third-order valence-corrected chi connectivity index (χ3v) is 5.26. The molecule has 2 N–H and O–H groups in total. The molecule has 0 bridgehead atoms. The number of nitrogens with one attached hydrogen (secondary N) is 2. The summed E-state index contributed by atoms with van der Waals surface area (Å²) in [7, 11) is 1.52. The molecule has 3 heterocycles. The number of fused-ring (bicyclic) bond motifs is 5. The van der Waals surface area contributed by atoms with Gasteiger partial charge in [-0.15, -0.1) is 5.10 Å². The van der Waals surface area contributed by atoms with E-state index in [1.165, 1.54) is 12.0 Å². The van der Waals surface area contributed by atoms with Gasteiger partial charge in [0, 0.05) is 18.2 Å². The van der Waals surface area contributed by atoms with Gasteiger partial charge in [-0.2, -0.15) is 4.98 Å². The predicted octanol–water partition coefficient (Wildman–Crippen LogP) is 1.70. The zero-order chi connectivity index (χ0) is 21.5. The van der Waals surface area contributed by atoms with Gasteiger partial charge in [-0.25, -0.2) is 0 Å². The number of amides is 3. The van der Waals surface area contributed by atoms with E-state index >= 15 is 0 Å². The summed E-state index contributed by atoms with van der Waals surface area (Å²) in [4.78, 5) is 46.3. The molecule has 0 radical (unpaired) electrons. The zero-order valence-corrected chi connectivity index (χ0v) is 16.5. The minimum atomic E-state index is -0.701. The van der Waals surface area contributed by atoms with E-state index in [9.17, 15) is 14.4 Å². The number of ether oxygens (including phenoxy) is 1. The fourth-order valence-electron chi connectivity index (χ4n) is 4.01. The number of aromatic amines is 1. The number of hydrogen-bond donors (Lipinski definition) is 2. The third-order valence-electron chi connectivity index (χ3n) is 5.26. The first-order valence-electron chi connectivity index (χ1n) is 9.61. The molecule has 2 aromatic carbocycles. The molecule has 5 rings (SSSR count). The Hall–Kier alpha value is -4.05. The molecular formula is C21H18N6O4. The second kappa shape index (κ2) is 7.33. The smallest absolute Gasteiger partial charge is 0.260 e. The van der Waals surface area contributed by atoms with Crippen molar-refractivity contribution in [1.82, 2.24) is 20.1 Å². The van der Waals surface area contributed by atoms with Crippen molar-refractivity contribution < 1.29 is 19.1 Å². The number of carbonyl (C=O) groups excluding carboxylic acids is 3. The monoisotopic (exact) mass is 418 g/mol. The van der Waals surface area contributed by atoms with Crippen LogP contribution in [0.4, 0.5) is 11.6 Å². The molecule has 1 atom stereocenters. The van der Waals surface area contributed by atoms with Crippen molar-refractivity contribution in [3.63, 3.8) is 0 Å². The number of H-pyrrole nitrogens is 1. The maximum absolute atomic E-state index is 13.3. The number of nitrogens with zero attached hydrogens (tertiary/aromatic N) is 4. The molecule has 3 aromatic rings. The highest BCUT2D eigenvalue weighted by molar-refractivity contribution is 6.17. The number of methoxy groups -OCH3 is 1. The van der Waals surface area contributed by atoms with Crippen molar-refractivity contribution in [2.75, 3.05) is 23.9 Å². The molecule has 31 heavy (non-hydrogen) atoms. The van der Waals surface area contributed by atoms with E-state index in [0.717, 1.165) is 0 Å². The number of anilines is 2. The molecule has 3 amide bonds. The minimum Gasteiger partial charge on any atom is -0.377 e. The summed E-state index contributed by atoms with van der Waals surface area (Å²) in [5, 5.41) is 9.16. The van der Waals surface area contributed by atoms with Gasteiger partial charge in [0.25, 0.3) is 11.8 Å². The normalized spacial score (nSPS) is 16.7. The van der Waals surface area contributed by atoms with E-state index < -0.39 is 12.1 Å². The highest BCUT2D eigenvalue weighted by atomic mass is 16.5. The van der Waals surface area contributed by atoms with Crippen molar-refractivity contribution in [3.8, 4) is 0 Å². The summed E-state index contributed by atoms with van der Waals surface area (Å²) in [6.45, 7) is -0.0513. The van der Waals surface area contributed by atoms with E-state index in [0.29, 0.717) is 28.2 Å². The molecule has 2 aliphatic rings. The van der Waals surface area contributed by atoms with Crippen molar-refractivity contribution in [2.24, 2.45) is 0 Å². The van der Waals surface area contributed by atoms with Crippen LogP contribution in [0.3, 0.4) is 0 Å². The number of aromatic nitrogens is 3. The first kappa shape index (κ1) is 18.9. The Morgan fingerprint density at radius 1 is 1.10 bits per heavy atom. The summed E-state index contributed by atoms with van der Waals surface area (Å²) < 4.78 is 4.97. The average Bonchev–Trinajstić information content (AvgIpc) is 3.34. The Bertz CT molecular complexity index is 1210. The Kier molecular flexibility index (Phi) is 4.48. The van der Waals surface area contributed by atoms with Crippen LogP contribution in [-0.4, -0.2) is 51.5 Å². The van der Waals surface area contributed by atoms with Crippen LogP contribution in [0, 0.1) is 0 Å². The first-order chi connectivity index (χ1) is 15.1. The van der Waals surface area contributed by atoms with E-state index in [4.69, 9.17) is 4.74 Å². The molecule has 0 saturated heterocycles. The molecule has 1 aromatic heterocycles. The van der Waals surface area contributed by atoms with Gasteiger partial charge in [0.1, 0.15) is 19.3 Å². The van der Waals surface area contributed by atoms with Crippen LogP contribution in [0.15, 0.2) is 48.5 Å². The van der Waals surface area contributed by atoms with Crippen molar-refractivity contribution >= 4 is 29.4 Å². The van der Waals surface area contributed by atoms with Crippen LogP contribution in [0.25, 0.3) is 0 Å². The van der Waals surface area contributed by atoms with E-state index in [1.54, 1.807) is 47.4 Å². The largest absolute Gasteiger partial charge is 0.377 e. The summed E-state index contributed by atoms with van der Waals surface area (Å²) in [5.74, 6) is -0.466. The van der Waals surface area contributed by atoms with E-state index in [-0.39, 0.29) is 30.9 Å². The lowest BCUT2D eigenvalue weighted by molar-refractivity contribution is -0.117. The number of benzene rings is 2. The van der Waals surface area contributed by atoms with Gasteiger partial charge in [-0.05, 0) is 18.2 Å². The number of para-hydroxylation sites is 1. The molecule has 0 saturated carbocycles. The van der Waals surface area contributed by atoms with E-state index in [2.05, 4.69) is 20.5 Å². The van der Waals surface area contributed by atoms with Crippen LogP contribution in [0.5, 0.6) is 0 Å². The molecule has 156 valence electrons. The Balaban J connectivity index is 1.48. The lowest BCUT2D eigenvalue weighted by Crippen LogP contribution is -2.50. The molecule has 10 nitrogen and oxygen atoms in total. The molecule has 2 aliphatic heterocycles. The van der Waals surface area contributed by atoms with Crippen LogP contribution >= 0.6 is 0 Å². The number of rotatable bonds is 5. The maximum Gasteiger partial charge on any atom is 0.260 e. The van der Waals surface area contributed by atoms with Gasteiger partial charge in [0.15, 0.2) is 5.82 Å². The fourth-order valence-corrected chi connectivity index (χ4v) is 4.01. The zero-order valence-electron chi connectivity index (χ0n) is 16.5. The Morgan fingerprint density at radius 3 is 2.65 bits per heavy atom. The Labute approximate surface area is 176 Å². The third kappa shape index (κ3) is 3.04. The Morgan fingerprint density at radius 2 is 1.84 bits per heavy atom. The average molecular weight is 418 g/mol. The second-order valence-electron chi connectivity index (χ2n) is 7.17. The highest BCUT2D eigenvalue weighted by Crippen LogP contribution is 2.44. The van der Waals surface area contributed by atoms with Gasteiger partial charge in [0.05, 0.1) is 11.3 Å².